The Kier molecular flexibility index (Phi) is 23.7. The van der Waals surface area contributed by atoms with Gasteiger partial charge in [0.15, 0.2) is 0 Å². The van der Waals surface area contributed by atoms with Crippen molar-refractivity contribution in [1.29, 1.82) is 0 Å². The quantitative estimate of drug-likeness (QED) is 0.0650. The second kappa shape index (κ2) is 24.7. The van der Waals surface area contributed by atoms with Crippen LogP contribution in [0.1, 0.15) is 122 Å². The van der Waals surface area contributed by atoms with Crippen LogP contribution in [-0.2, 0) is 19.1 Å². The van der Waals surface area contributed by atoms with E-state index in [-0.39, 0.29) is 25.7 Å². The fourth-order valence-corrected chi connectivity index (χ4v) is 3.84. The van der Waals surface area contributed by atoms with Gasteiger partial charge in [0.05, 0.1) is 18.6 Å². The first-order valence-corrected chi connectivity index (χ1v) is 13.7. The van der Waals surface area contributed by atoms with Crippen molar-refractivity contribution in [3.05, 3.63) is 12.2 Å². The maximum absolute atomic E-state index is 11.9. The number of hydrogen-bond donors (Lipinski definition) is 2. The van der Waals surface area contributed by atoms with E-state index in [0.29, 0.717) is 6.42 Å². The molecule has 0 atom stereocenters. The second-order valence-corrected chi connectivity index (χ2v) is 9.63. The van der Waals surface area contributed by atoms with Crippen molar-refractivity contribution in [2.75, 3.05) is 26.4 Å². The van der Waals surface area contributed by atoms with Crippen LogP contribution in [0.15, 0.2) is 12.2 Å². The summed E-state index contributed by atoms with van der Waals surface area (Å²) in [6.07, 6.45) is 26.3. The fraction of sp³-hybridized carbons (Fsp3) is 0.857. The van der Waals surface area contributed by atoms with Crippen LogP contribution in [0.3, 0.4) is 0 Å². The molecule has 6 nitrogen and oxygen atoms in total. The van der Waals surface area contributed by atoms with Crippen LogP contribution in [0.4, 0.5) is 0 Å². The summed E-state index contributed by atoms with van der Waals surface area (Å²) in [6, 6.07) is 0. The molecule has 0 fully saturated rings. The van der Waals surface area contributed by atoms with Crippen LogP contribution in [0.5, 0.6) is 0 Å². The Hall–Kier alpha value is -1.40. The van der Waals surface area contributed by atoms with E-state index < -0.39 is 18.6 Å². The first-order chi connectivity index (χ1) is 16.6. The molecule has 0 radical (unpaired) electrons. The third-order valence-electron chi connectivity index (χ3n) is 6.31. The molecule has 0 aromatic carbocycles. The number of rotatable bonds is 26. The Bertz CT molecular complexity index is 487. The van der Waals surface area contributed by atoms with E-state index in [1.54, 1.807) is 0 Å². The van der Waals surface area contributed by atoms with Crippen molar-refractivity contribution >= 4 is 12.4 Å². The molecule has 200 valence electrons. The van der Waals surface area contributed by atoms with Crippen LogP contribution < -0.4 is 0 Å². The highest BCUT2D eigenvalue weighted by molar-refractivity contribution is 5.69. The topological polar surface area (TPSA) is 93.1 Å². The summed E-state index contributed by atoms with van der Waals surface area (Å²) in [5, 5.41) is 18.8. The van der Waals surface area contributed by atoms with Crippen LogP contribution >= 0.6 is 0 Å². The first kappa shape index (κ1) is 32.6. The summed E-state index contributed by atoms with van der Waals surface area (Å²) in [5.41, 5.74) is -1.14. The molecule has 0 saturated heterocycles. The summed E-state index contributed by atoms with van der Waals surface area (Å²) >= 11 is 0. The lowest BCUT2D eigenvalue weighted by molar-refractivity contribution is -0.154. The normalized spacial score (nSPS) is 11.7. The highest BCUT2D eigenvalue weighted by atomic mass is 16.5. The largest absolute Gasteiger partial charge is 0.467 e. The van der Waals surface area contributed by atoms with Gasteiger partial charge in [-0.15, -0.1) is 0 Å². The third kappa shape index (κ3) is 20.0. The van der Waals surface area contributed by atoms with Gasteiger partial charge in [-0.3, -0.25) is 9.59 Å². The molecule has 0 aromatic heterocycles. The van der Waals surface area contributed by atoms with Crippen molar-refractivity contribution < 1.29 is 29.3 Å². The molecule has 0 aliphatic rings. The monoisotopic (exact) mass is 484 g/mol. The van der Waals surface area contributed by atoms with E-state index >= 15 is 0 Å². The summed E-state index contributed by atoms with van der Waals surface area (Å²) in [4.78, 5) is 22.2. The molecule has 0 aromatic rings. The lowest BCUT2D eigenvalue weighted by atomic mass is 9.92. The fourth-order valence-electron chi connectivity index (χ4n) is 3.84. The number of carbonyl (C=O) groups excluding carboxylic acids is 2. The molecule has 0 aliphatic carbocycles. The van der Waals surface area contributed by atoms with Crippen LogP contribution in [0, 0.1) is 5.41 Å². The Balaban J connectivity index is 3.46. The standard InChI is InChI=1S/C28H52O6/c1-2-3-4-5-6-7-8-9-10-11-12-13-14-15-16-17-18-19-20-21-27(32)34-25-28(22-29,23-30)24-33-26-31/h9-10,26,29-30H,2-8,11-25H2,1H3/b10-9+. The van der Waals surface area contributed by atoms with E-state index in [0.717, 1.165) is 19.3 Å². The van der Waals surface area contributed by atoms with Crippen LogP contribution in [-0.4, -0.2) is 49.1 Å². The van der Waals surface area contributed by atoms with Gasteiger partial charge in [0.1, 0.15) is 13.2 Å². The third-order valence-corrected chi connectivity index (χ3v) is 6.31. The van der Waals surface area contributed by atoms with Gasteiger partial charge in [-0.2, -0.15) is 0 Å². The number of carbonyl (C=O) groups is 2. The lowest BCUT2D eigenvalue weighted by Crippen LogP contribution is -2.40. The molecule has 0 amide bonds. The van der Waals surface area contributed by atoms with Gasteiger partial charge in [-0.1, -0.05) is 96.1 Å². The van der Waals surface area contributed by atoms with E-state index in [9.17, 15) is 19.8 Å². The second-order valence-electron chi connectivity index (χ2n) is 9.63. The minimum atomic E-state index is -1.14. The molecule has 0 aliphatic heterocycles. The van der Waals surface area contributed by atoms with Crippen molar-refractivity contribution in [1.82, 2.24) is 0 Å². The van der Waals surface area contributed by atoms with Gasteiger partial charge in [0.25, 0.3) is 6.47 Å². The van der Waals surface area contributed by atoms with E-state index in [4.69, 9.17) is 4.74 Å². The molecule has 0 rings (SSSR count). The van der Waals surface area contributed by atoms with Gasteiger partial charge in [0, 0.05) is 6.42 Å². The highest BCUT2D eigenvalue weighted by Crippen LogP contribution is 2.18. The van der Waals surface area contributed by atoms with E-state index in [2.05, 4.69) is 23.8 Å². The SMILES string of the molecule is CCCCCCCC/C=C/CCCCCCCCCCCC(=O)OCC(CO)(CO)COC=O. The maximum atomic E-state index is 11.9. The molecular formula is C28H52O6. The van der Waals surface area contributed by atoms with Crippen LogP contribution in [0.2, 0.25) is 0 Å². The summed E-state index contributed by atoms with van der Waals surface area (Å²) in [7, 11) is 0. The van der Waals surface area contributed by atoms with Crippen molar-refractivity contribution in [3.63, 3.8) is 0 Å². The zero-order chi connectivity index (χ0) is 25.2. The summed E-state index contributed by atoms with van der Waals surface area (Å²) in [6.45, 7) is 1.30. The maximum Gasteiger partial charge on any atom is 0.305 e. The Morgan fingerprint density at radius 2 is 1.18 bits per heavy atom. The minimum absolute atomic E-state index is 0.165. The molecule has 0 unspecified atom stereocenters. The molecule has 0 bridgehead atoms. The molecule has 0 heterocycles. The van der Waals surface area contributed by atoms with Gasteiger partial charge in [-0.25, -0.2) is 0 Å². The number of ether oxygens (including phenoxy) is 2. The molecular weight excluding hydrogens is 432 g/mol. The Morgan fingerprint density at radius 1 is 0.706 bits per heavy atom. The molecule has 0 spiro atoms. The van der Waals surface area contributed by atoms with Gasteiger partial charge >= 0.3 is 5.97 Å². The van der Waals surface area contributed by atoms with Crippen molar-refractivity contribution in [2.45, 2.75) is 122 Å². The van der Waals surface area contributed by atoms with Gasteiger partial charge in [0.2, 0.25) is 0 Å². The average Bonchev–Trinajstić information content (AvgIpc) is 2.86. The Labute approximate surface area is 208 Å². The number of unbranched alkanes of at least 4 members (excludes halogenated alkanes) is 15. The Morgan fingerprint density at radius 3 is 1.65 bits per heavy atom. The molecule has 34 heavy (non-hydrogen) atoms. The minimum Gasteiger partial charge on any atom is -0.467 e. The average molecular weight is 485 g/mol. The molecule has 6 heteroatoms. The van der Waals surface area contributed by atoms with Crippen LogP contribution in [0.25, 0.3) is 0 Å². The summed E-state index contributed by atoms with van der Waals surface area (Å²) in [5.74, 6) is -0.349. The predicted molar refractivity (Wildman–Crippen MR) is 137 cm³/mol. The number of allylic oxidation sites excluding steroid dienone is 2. The van der Waals surface area contributed by atoms with E-state index in [1.807, 2.05) is 0 Å². The lowest BCUT2D eigenvalue weighted by Gasteiger charge is -2.27. The smallest absolute Gasteiger partial charge is 0.305 e. The van der Waals surface area contributed by atoms with E-state index in [1.165, 1.54) is 89.9 Å². The summed E-state index contributed by atoms with van der Waals surface area (Å²) < 4.78 is 9.79. The number of hydrogen-bond acceptors (Lipinski definition) is 6. The number of aliphatic hydroxyl groups excluding tert-OH is 2. The number of esters is 1. The molecule has 2 N–H and O–H groups in total. The van der Waals surface area contributed by atoms with Crippen molar-refractivity contribution in [2.24, 2.45) is 5.41 Å². The predicted octanol–water partition coefficient (Wildman–Crippen LogP) is 6.27. The number of aliphatic hydroxyl groups is 2. The zero-order valence-corrected chi connectivity index (χ0v) is 21.8. The van der Waals surface area contributed by atoms with Crippen molar-refractivity contribution in [3.8, 4) is 0 Å². The first-order valence-electron chi connectivity index (χ1n) is 13.7. The van der Waals surface area contributed by atoms with Gasteiger partial charge < -0.3 is 19.7 Å². The highest BCUT2D eigenvalue weighted by Gasteiger charge is 2.32. The van der Waals surface area contributed by atoms with Gasteiger partial charge in [-0.05, 0) is 32.1 Å². The molecule has 0 saturated carbocycles. The zero-order valence-electron chi connectivity index (χ0n) is 21.8.